The number of hydrogen-bond donors (Lipinski definition) is 0. The fraction of sp³-hybridized carbons (Fsp3) is 0.176. The molecule has 0 aliphatic rings. The van der Waals surface area contributed by atoms with Gasteiger partial charge in [0.05, 0.1) is 0 Å². The summed E-state index contributed by atoms with van der Waals surface area (Å²) in [5.41, 5.74) is 4.64. The van der Waals surface area contributed by atoms with Crippen LogP contribution in [0.1, 0.15) is 16.7 Å². The molecule has 0 saturated carbocycles. The molecule has 0 saturated heterocycles. The number of halogens is 1. The van der Waals surface area contributed by atoms with Crippen LogP contribution in [0.15, 0.2) is 52.1 Å². The molecule has 1 heterocycles. The Morgan fingerprint density at radius 2 is 1.95 bits per heavy atom. The number of hydrogen-bond acceptors (Lipinski definition) is 4. The highest BCUT2D eigenvalue weighted by Crippen LogP contribution is 2.28. The number of thioether (sulfide) groups is 1. The third-order valence-electron chi connectivity index (χ3n) is 3.33. The quantitative estimate of drug-likeness (QED) is 0.608. The van der Waals surface area contributed by atoms with Crippen molar-refractivity contribution in [2.75, 3.05) is 0 Å². The molecule has 0 N–H and O–H groups in total. The van der Waals surface area contributed by atoms with E-state index in [0.717, 1.165) is 11.3 Å². The molecule has 0 aliphatic carbocycles. The van der Waals surface area contributed by atoms with E-state index >= 15 is 0 Å². The van der Waals surface area contributed by atoms with Crippen LogP contribution in [-0.2, 0) is 5.75 Å². The molecule has 5 heteroatoms. The molecular formula is C17H15ClN2OS. The highest BCUT2D eigenvalue weighted by atomic mass is 35.5. The summed E-state index contributed by atoms with van der Waals surface area (Å²) in [5.74, 6) is 1.30. The lowest BCUT2D eigenvalue weighted by Crippen LogP contribution is -1.87. The molecule has 0 bridgehead atoms. The Labute approximate surface area is 138 Å². The molecule has 2 aromatic carbocycles. The Kier molecular flexibility index (Phi) is 4.50. The Balaban J connectivity index is 1.73. The maximum atomic E-state index is 5.98. The van der Waals surface area contributed by atoms with Crippen molar-refractivity contribution >= 4 is 23.4 Å². The average Bonchev–Trinajstić information content (AvgIpc) is 2.97. The normalized spacial score (nSPS) is 10.9. The lowest BCUT2D eigenvalue weighted by molar-refractivity contribution is 0.466. The molecular weight excluding hydrogens is 316 g/mol. The van der Waals surface area contributed by atoms with Gasteiger partial charge in [-0.2, -0.15) is 0 Å². The van der Waals surface area contributed by atoms with E-state index in [1.54, 1.807) is 11.8 Å². The van der Waals surface area contributed by atoms with Crippen molar-refractivity contribution in [1.29, 1.82) is 0 Å². The van der Waals surface area contributed by atoms with Crippen molar-refractivity contribution in [1.82, 2.24) is 10.2 Å². The summed E-state index contributed by atoms with van der Waals surface area (Å²) in [7, 11) is 0. The van der Waals surface area contributed by atoms with Crippen molar-refractivity contribution < 1.29 is 4.42 Å². The van der Waals surface area contributed by atoms with E-state index in [1.807, 2.05) is 24.3 Å². The molecule has 22 heavy (non-hydrogen) atoms. The minimum Gasteiger partial charge on any atom is -0.411 e. The second-order valence-corrected chi connectivity index (χ2v) is 6.47. The number of nitrogens with zero attached hydrogens (tertiary/aromatic N) is 2. The zero-order valence-corrected chi connectivity index (χ0v) is 13.9. The lowest BCUT2D eigenvalue weighted by Gasteiger charge is -2.04. The molecule has 0 amide bonds. The zero-order chi connectivity index (χ0) is 15.5. The second-order valence-electron chi connectivity index (χ2n) is 5.10. The molecule has 3 nitrogen and oxygen atoms in total. The highest BCUT2D eigenvalue weighted by Gasteiger charge is 2.10. The number of aromatic nitrogens is 2. The van der Waals surface area contributed by atoms with Gasteiger partial charge in [0.2, 0.25) is 5.89 Å². The lowest BCUT2D eigenvalue weighted by atomic mass is 10.1. The maximum absolute atomic E-state index is 5.98. The summed E-state index contributed by atoms with van der Waals surface area (Å²) in [6.45, 7) is 4.21. The van der Waals surface area contributed by atoms with E-state index < -0.39 is 0 Å². The third-order valence-corrected chi connectivity index (χ3v) is 4.44. The van der Waals surface area contributed by atoms with Crippen LogP contribution < -0.4 is 0 Å². The Morgan fingerprint density at radius 1 is 1.09 bits per heavy atom. The molecule has 112 valence electrons. The first-order valence-corrected chi connectivity index (χ1v) is 8.26. The van der Waals surface area contributed by atoms with Crippen LogP contribution in [0.5, 0.6) is 0 Å². The molecule has 0 aliphatic heterocycles. The van der Waals surface area contributed by atoms with Crippen molar-refractivity contribution in [2.45, 2.75) is 24.8 Å². The van der Waals surface area contributed by atoms with Gasteiger partial charge in [0.25, 0.3) is 5.22 Å². The molecule has 0 unspecified atom stereocenters. The van der Waals surface area contributed by atoms with Gasteiger partial charge in [-0.05, 0) is 43.2 Å². The van der Waals surface area contributed by atoms with Gasteiger partial charge in [-0.3, -0.25) is 0 Å². The number of benzene rings is 2. The molecule has 0 spiro atoms. The molecule has 3 aromatic rings. The summed E-state index contributed by atoms with van der Waals surface area (Å²) in [4.78, 5) is 0. The van der Waals surface area contributed by atoms with Crippen LogP contribution >= 0.6 is 23.4 Å². The first-order chi connectivity index (χ1) is 10.6. The summed E-state index contributed by atoms with van der Waals surface area (Å²) in [5, 5.41) is 9.39. The number of aryl methyl sites for hydroxylation is 2. The minimum absolute atomic E-state index is 0.492. The fourth-order valence-electron chi connectivity index (χ4n) is 2.10. The number of rotatable bonds is 4. The van der Waals surface area contributed by atoms with Gasteiger partial charge in [0, 0.05) is 16.3 Å². The van der Waals surface area contributed by atoms with Gasteiger partial charge in [0.1, 0.15) is 0 Å². The van der Waals surface area contributed by atoms with E-state index in [4.69, 9.17) is 16.0 Å². The van der Waals surface area contributed by atoms with Crippen LogP contribution in [0, 0.1) is 13.8 Å². The Morgan fingerprint density at radius 3 is 2.77 bits per heavy atom. The summed E-state index contributed by atoms with van der Waals surface area (Å²) >= 11 is 7.52. The summed E-state index contributed by atoms with van der Waals surface area (Å²) in [6, 6.07) is 13.8. The first kappa shape index (κ1) is 15.1. The van der Waals surface area contributed by atoms with E-state index in [9.17, 15) is 0 Å². The van der Waals surface area contributed by atoms with Gasteiger partial charge in [-0.25, -0.2) is 0 Å². The summed E-state index contributed by atoms with van der Waals surface area (Å²) in [6.07, 6.45) is 0. The smallest absolute Gasteiger partial charge is 0.277 e. The van der Waals surface area contributed by atoms with Crippen molar-refractivity contribution in [3.05, 3.63) is 64.2 Å². The average molecular weight is 331 g/mol. The van der Waals surface area contributed by atoms with Gasteiger partial charge < -0.3 is 4.42 Å². The highest BCUT2D eigenvalue weighted by molar-refractivity contribution is 7.98. The maximum Gasteiger partial charge on any atom is 0.277 e. The van der Waals surface area contributed by atoms with E-state index in [-0.39, 0.29) is 0 Å². The van der Waals surface area contributed by atoms with Crippen LogP contribution in [-0.4, -0.2) is 10.2 Å². The van der Waals surface area contributed by atoms with Crippen molar-refractivity contribution in [3.63, 3.8) is 0 Å². The topological polar surface area (TPSA) is 38.9 Å². The zero-order valence-electron chi connectivity index (χ0n) is 12.3. The van der Waals surface area contributed by atoms with Gasteiger partial charge in [0.15, 0.2) is 0 Å². The van der Waals surface area contributed by atoms with Crippen molar-refractivity contribution in [3.8, 4) is 11.5 Å². The Hall–Kier alpha value is -1.78. The van der Waals surface area contributed by atoms with Crippen LogP contribution in [0.3, 0.4) is 0 Å². The van der Waals surface area contributed by atoms with Crippen LogP contribution in [0.25, 0.3) is 11.5 Å². The van der Waals surface area contributed by atoms with E-state index in [1.165, 1.54) is 16.7 Å². The van der Waals surface area contributed by atoms with E-state index in [0.29, 0.717) is 16.1 Å². The SMILES string of the molecule is Cc1ccc(C)c(CSc2nnc(-c3cccc(Cl)c3)o2)c1. The van der Waals surface area contributed by atoms with E-state index in [2.05, 4.69) is 42.2 Å². The minimum atomic E-state index is 0.492. The van der Waals surface area contributed by atoms with Gasteiger partial charge >= 0.3 is 0 Å². The summed E-state index contributed by atoms with van der Waals surface area (Å²) < 4.78 is 5.70. The predicted molar refractivity (Wildman–Crippen MR) is 90.2 cm³/mol. The third kappa shape index (κ3) is 3.51. The molecule has 0 fully saturated rings. The fourth-order valence-corrected chi connectivity index (χ4v) is 3.12. The van der Waals surface area contributed by atoms with Crippen molar-refractivity contribution in [2.24, 2.45) is 0 Å². The molecule has 3 rings (SSSR count). The monoisotopic (exact) mass is 330 g/mol. The standard InChI is InChI=1S/C17H15ClN2OS/c1-11-6-7-12(2)14(8-11)10-22-17-20-19-16(21-17)13-4-3-5-15(18)9-13/h3-9H,10H2,1-2H3. The first-order valence-electron chi connectivity index (χ1n) is 6.90. The van der Waals surface area contributed by atoms with Gasteiger partial charge in [-0.15, -0.1) is 10.2 Å². The Bertz CT molecular complexity index is 801. The van der Waals surface area contributed by atoms with Crippen LogP contribution in [0.4, 0.5) is 0 Å². The molecule has 1 aromatic heterocycles. The molecule has 0 atom stereocenters. The predicted octanol–water partition coefficient (Wildman–Crippen LogP) is 5.30. The van der Waals surface area contributed by atoms with Crippen LogP contribution in [0.2, 0.25) is 5.02 Å². The second kappa shape index (κ2) is 6.55. The molecule has 0 radical (unpaired) electrons. The largest absolute Gasteiger partial charge is 0.411 e. The van der Waals surface area contributed by atoms with Gasteiger partial charge in [-0.1, -0.05) is 53.2 Å².